The van der Waals surface area contributed by atoms with Gasteiger partial charge in [0.2, 0.25) is 16.0 Å². The van der Waals surface area contributed by atoms with Crippen molar-refractivity contribution in [3.8, 4) is 17.0 Å². The number of fused-ring (bicyclic) bond motifs is 1. The van der Waals surface area contributed by atoms with E-state index in [0.29, 0.717) is 51.8 Å². The van der Waals surface area contributed by atoms with E-state index in [4.69, 9.17) is 27.9 Å². The Balaban J connectivity index is 1.17. The Bertz CT molecular complexity index is 1660. The van der Waals surface area contributed by atoms with E-state index < -0.39 is 16.1 Å². The van der Waals surface area contributed by atoms with Crippen LogP contribution in [0, 0.1) is 12.3 Å². The van der Waals surface area contributed by atoms with Gasteiger partial charge in [0.25, 0.3) is 0 Å². The molecular weight excluding hydrogens is 561 g/mol. The summed E-state index contributed by atoms with van der Waals surface area (Å²) in [5.41, 5.74) is 3.73. The fraction of sp³-hybridized carbons (Fsp3) is 0.385. The number of benzene rings is 1. The van der Waals surface area contributed by atoms with E-state index in [-0.39, 0.29) is 11.2 Å². The number of hydrogen-bond acceptors (Lipinski definition) is 8. The molecule has 5 heterocycles. The summed E-state index contributed by atoms with van der Waals surface area (Å²) in [6.07, 6.45) is 4.70. The number of pyridine rings is 1. The van der Waals surface area contributed by atoms with E-state index in [1.807, 2.05) is 32.0 Å². The maximum Gasteiger partial charge on any atom is 0.225 e. The van der Waals surface area contributed by atoms with Crippen LogP contribution in [0.25, 0.3) is 22.2 Å². The van der Waals surface area contributed by atoms with Crippen molar-refractivity contribution in [2.45, 2.75) is 26.9 Å². The average molecular weight is 589 g/mol. The molecule has 0 saturated carbocycles. The lowest BCUT2D eigenvalue weighted by molar-refractivity contribution is 0.0385. The zero-order chi connectivity index (χ0) is 27.5. The molecule has 2 aliphatic rings. The Hall–Kier alpha value is -2.99. The highest BCUT2D eigenvalue weighted by molar-refractivity contribution is 7.89. The SMILES string of the molecule is CCS(=O)(=O)N1CC2(CN(c3ncc(-c4n[nH]c5ccc(O[C@H](C)c6c(Cl)cnc(C)c6Cl)cc45)cn3)C2)C1. The predicted octanol–water partition coefficient (Wildman–Crippen LogP) is 4.64. The van der Waals surface area contributed by atoms with Gasteiger partial charge in [0, 0.05) is 66.7 Å². The van der Waals surface area contributed by atoms with Crippen LogP contribution in [0.4, 0.5) is 5.95 Å². The van der Waals surface area contributed by atoms with Crippen molar-refractivity contribution in [2.24, 2.45) is 5.41 Å². The zero-order valence-corrected chi connectivity index (χ0v) is 24.0. The minimum absolute atomic E-state index is 0.0135. The molecule has 1 aromatic carbocycles. The zero-order valence-electron chi connectivity index (χ0n) is 21.6. The van der Waals surface area contributed by atoms with E-state index in [9.17, 15) is 8.42 Å². The molecule has 2 saturated heterocycles. The van der Waals surface area contributed by atoms with Gasteiger partial charge in [-0.25, -0.2) is 22.7 Å². The number of aryl methyl sites for hydroxylation is 1. The molecule has 4 aromatic rings. The molecule has 0 radical (unpaired) electrons. The van der Waals surface area contributed by atoms with Gasteiger partial charge in [-0.15, -0.1) is 0 Å². The lowest BCUT2D eigenvalue weighted by atomic mass is 9.74. The summed E-state index contributed by atoms with van der Waals surface area (Å²) in [6, 6.07) is 5.69. The summed E-state index contributed by atoms with van der Waals surface area (Å²) in [6.45, 7) is 8.03. The number of nitrogens with zero attached hydrogens (tertiary/aromatic N) is 6. The topological polar surface area (TPSA) is 117 Å². The van der Waals surface area contributed by atoms with Gasteiger partial charge in [0.1, 0.15) is 17.5 Å². The van der Waals surface area contributed by atoms with Gasteiger partial charge >= 0.3 is 0 Å². The predicted molar refractivity (Wildman–Crippen MR) is 151 cm³/mol. The summed E-state index contributed by atoms with van der Waals surface area (Å²) in [7, 11) is -3.12. The molecule has 39 heavy (non-hydrogen) atoms. The fourth-order valence-corrected chi connectivity index (χ4v) is 7.25. The molecule has 0 amide bonds. The second-order valence-electron chi connectivity index (χ2n) is 10.3. The highest BCUT2D eigenvalue weighted by atomic mass is 35.5. The molecule has 13 heteroatoms. The first-order chi connectivity index (χ1) is 18.6. The van der Waals surface area contributed by atoms with Crippen LogP contribution in [-0.4, -0.2) is 69.8 Å². The van der Waals surface area contributed by atoms with E-state index in [1.54, 1.807) is 29.8 Å². The lowest BCUT2D eigenvalue weighted by Crippen LogP contribution is -2.73. The van der Waals surface area contributed by atoms with E-state index in [0.717, 1.165) is 29.6 Å². The number of nitrogens with one attached hydrogen (secondary N) is 1. The molecule has 1 spiro atoms. The lowest BCUT2D eigenvalue weighted by Gasteiger charge is -2.59. The summed E-state index contributed by atoms with van der Waals surface area (Å²) in [5.74, 6) is 1.40. The summed E-state index contributed by atoms with van der Waals surface area (Å²) < 4.78 is 31.9. The van der Waals surface area contributed by atoms with E-state index in [1.165, 1.54) is 0 Å². The first kappa shape index (κ1) is 26.2. The fourth-order valence-electron chi connectivity index (χ4n) is 5.29. The van der Waals surface area contributed by atoms with Crippen molar-refractivity contribution in [3.05, 3.63) is 58.1 Å². The number of aromatic nitrogens is 5. The molecule has 6 rings (SSSR count). The van der Waals surface area contributed by atoms with Crippen LogP contribution < -0.4 is 9.64 Å². The van der Waals surface area contributed by atoms with Crippen molar-refractivity contribution in [1.82, 2.24) is 29.5 Å². The van der Waals surface area contributed by atoms with Crippen LogP contribution in [0.1, 0.15) is 31.2 Å². The number of rotatable bonds is 7. The number of aromatic amines is 1. The molecule has 0 aliphatic carbocycles. The summed E-state index contributed by atoms with van der Waals surface area (Å²) in [4.78, 5) is 15.4. The monoisotopic (exact) mass is 587 g/mol. The van der Waals surface area contributed by atoms with Crippen LogP contribution in [0.2, 0.25) is 10.0 Å². The van der Waals surface area contributed by atoms with Crippen LogP contribution in [0.5, 0.6) is 5.75 Å². The second-order valence-corrected chi connectivity index (χ2v) is 13.3. The number of sulfonamides is 1. The second kappa shape index (κ2) is 9.58. The first-order valence-corrected chi connectivity index (χ1v) is 15.0. The highest BCUT2D eigenvalue weighted by Gasteiger charge is 2.55. The van der Waals surface area contributed by atoms with Gasteiger partial charge < -0.3 is 9.64 Å². The average Bonchev–Trinajstić information content (AvgIpc) is 3.28. The first-order valence-electron chi connectivity index (χ1n) is 12.6. The van der Waals surface area contributed by atoms with Gasteiger partial charge in [0.05, 0.1) is 27.0 Å². The van der Waals surface area contributed by atoms with Gasteiger partial charge in [-0.05, 0) is 39.0 Å². The standard InChI is InChI=1S/C26H27Cl2N7O3S/c1-4-39(36,37)35-13-26(14-35)11-34(12-26)25-30-8-17(9-31-25)24-19-7-18(5-6-21(19)32-33-24)38-16(3)22-20(27)10-29-15(2)23(22)28/h5-10,16H,4,11-14H2,1-3H3,(H,32,33)/t16-/m1/s1. The van der Waals surface area contributed by atoms with Crippen molar-refractivity contribution in [2.75, 3.05) is 36.8 Å². The number of halogens is 2. The third-order valence-corrected chi connectivity index (χ3v) is 10.0. The Morgan fingerprint density at radius 2 is 1.82 bits per heavy atom. The number of H-pyrrole nitrogens is 1. The Morgan fingerprint density at radius 3 is 2.51 bits per heavy atom. The van der Waals surface area contributed by atoms with Crippen LogP contribution >= 0.6 is 23.2 Å². The largest absolute Gasteiger partial charge is 0.486 e. The van der Waals surface area contributed by atoms with Crippen molar-refractivity contribution in [1.29, 1.82) is 0 Å². The number of hydrogen-bond donors (Lipinski definition) is 1. The molecule has 2 fully saturated rings. The Labute approximate surface area is 236 Å². The van der Waals surface area contributed by atoms with Gasteiger partial charge in [0.15, 0.2) is 0 Å². The summed E-state index contributed by atoms with van der Waals surface area (Å²) >= 11 is 12.8. The van der Waals surface area contributed by atoms with Gasteiger partial charge in [-0.3, -0.25) is 10.1 Å². The smallest absolute Gasteiger partial charge is 0.225 e. The van der Waals surface area contributed by atoms with E-state index >= 15 is 0 Å². The molecular formula is C26H27Cl2N7O3S. The highest BCUT2D eigenvalue weighted by Crippen LogP contribution is 2.42. The maximum atomic E-state index is 12.0. The molecule has 0 unspecified atom stereocenters. The molecule has 1 atom stereocenters. The Morgan fingerprint density at radius 1 is 1.10 bits per heavy atom. The minimum atomic E-state index is -3.12. The van der Waals surface area contributed by atoms with Crippen LogP contribution in [0.15, 0.2) is 36.8 Å². The van der Waals surface area contributed by atoms with Gasteiger partial charge in [-0.2, -0.15) is 5.10 Å². The molecule has 3 aromatic heterocycles. The summed E-state index contributed by atoms with van der Waals surface area (Å²) in [5, 5.41) is 9.36. The van der Waals surface area contributed by atoms with E-state index in [2.05, 4.69) is 30.0 Å². The molecule has 10 nitrogen and oxygen atoms in total. The molecule has 0 bridgehead atoms. The number of ether oxygens (including phenoxy) is 1. The normalized spacial score (nSPS) is 17.7. The Kier molecular flexibility index (Phi) is 6.45. The van der Waals surface area contributed by atoms with Crippen LogP contribution in [0.3, 0.4) is 0 Å². The number of anilines is 1. The third kappa shape index (κ3) is 4.61. The van der Waals surface area contributed by atoms with Crippen molar-refractivity contribution in [3.63, 3.8) is 0 Å². The molecule has 2 aliphatic heterocycles. The quantitative estimate of drug-likeness (QED) is 0.332. The van der Waals surface area contributed by atoms with Crippen LogP contribution in [-0.2, 0) is 10.0 Å². The van der Waals surface area contributed by atoms with Crippen molar-refractivity contribution >= 4 is 50.1 Å². The van der Waals surface area contributed by atoms with Gasteiger partial charge in [-0.1, -0.05) is 23.2 Å². The third-order valence-electron chi connectivity index (χ3n) is 7.47. The minimum Gasteiger partial charge on any atom is -0.486 e. The molecule has 1 N–H and O–H groups in total. The maximum absolute atomic E-state index is 12.0. The molecule has 204 valence electrons. The van der Waals surface area contributed by atoms with Crippen molar-refractivity contribution < 1.29 is 13.2 Å².